The number of ether oxygens (including phenoxy) is 2. The lowest BCUT2D eigenvalue weighted by atomic mass is 10.00. The van der Waals surface area contributed by atoms with Crippen molar-refractivity contribution in [2.75, 3.05) is 7.11 Å². The Morgan fingerprint density at radius 3 is 2.60 bits per heavy atom. The highest BCUT2D eigenvalue weighted by Crippen LogP contribution is 2.34. The van der Waals surface area contributed by atoms with Crippen molar-refractivity contribution in [1.29, 1.82) is 0 Å². The molecule has 1 aliphatic rings. The first-order valence-corrected chi connectivity index (χ1v) is 5.41. The smallest absolute Gasteiger partial charge is 0.467 e. The van der Waals surface area contributed by atoms with Gasteiger partial charge in [-0.1, -0.05) is 0 Å². The summed E-state index contributed by atoms with van der Waals surface area (Å²) < 4.78 is 44.3. The lowest BCUT2D eigenvalue weighted by Crippen LogP contribution is -2.45. The normalized spacial score (nSPS) is 21.6. The average molecular weight is 290 g/mol. The molecule has 20 heavy (non-hydrogen) atoms. The van der Waals surface area contributed by atoms with Gasteiger partial charge in [-0.15, -0.1) is 13.2 Å². The van der Waals surface area contributed by atoms with Gasteiger partial charge < -0.3 is 14.6 Å². The number of halogens is 3. The van der Waals surface area contributed by atoms with Crippen molar-refractivity contribution < 1.29 is 37.3 Å². The van der Waals surface area contributed by atoms with E-state index >= 15 is 0 Å². The molecular formula is C12H9F3O5. The summed E-state index contributed by atoms with van der Waals surface area (Å²) in [5.41, 5.74) is -2.34. The Bertz CT molecular complexity index is 581. The lowest BCUT2D eigenvalue weighted by molar-refractivity contribution is -0.274. The van der Waals surface area contributed by atoms with E-state index in [9.17, 15) is 27.9 Å². The third-order valence-electron chi connectivity index (χ3n) is 2.90. The molecule has 1 aliphatic carbocycles. The largest absolute Gasteiger partial charge is 0.573 e. The van der Waals surface area contributed by atoms with Gasteiger partial charge in [0.15, 0.2) is 0 Å². The molecule has 1 unspecified atom stereocenters. The average Bonchev–Trinajstić information content (AvgIpc) is 2.59. The van der Waals surface area contributed by atoms with Gasteiger partial charge >= 0.3 is 12.3 Å². The summed E-state index contributed by atoms with van der Waals surface area (Å²) in [7, 11) is 0.995. The van der Waals surface area contributed by atoms with Crippen molar-refractivity contribution in [1.82, 2.24) is 0 Å². The molecule has 2 rings (SSSR count). The van der Waals surface area contributed by atoms with E-state index in [2.05, 4.69) is 9.47 Å². The third kappa shape index (κ3) is 2.34. The van der Waals surface area contributed by atoms with Crippen LogP contribution in [0.3, 0.4) is 0 Å². The van der Waals surface area contributed by atoms with Crippen LogP contribution in [0.25, 0.3) is 0 Å². The number of carbonyl (C=O) groups is 2. The number of fused-ring (bicyclic) bond motifs is 1. The molecular weight excluding hydrogens is 281 g/mol. The van der Waals surface area contributed by atoms with E-state index in [0.717, 1.165) is 25.3 Å². The number of esters is 1. The summed E-state index contributed by atoms with van der Waals surface area (Å²) in [6, 6.07) is 2.97. The summed E-state index contributed by atoms with van der Waals surface area (Å²) in [5.74, 6) is -2.59. The van der Waals surface area contributed by atoms with E-state index in [1.54, 1.807) is 0 Å². The zero-order valence-corrected chi connectivity index (χ0v) is 10.2. The molecule has 0 amide bonds. The van der Waals surface area contributed by atoms with Crippen molar-refractivity contribution in [2.24, 2.45) is 0 Å². The second-order valence-corrected chi connectivity index (χ2v) is 4.22. The van der Waals surface area contributed by atoms with Crippen LogP contribution in [0.15, 0.2) is 18.2 Å². The van der Waals surface area contributed by atoms with Gasteiger partial charge in [-0.25, -0.2) is 4.79 Å². The summed E-state index contributed by atoms with van der Waals surface area (Å²) in [4.78, 5) is 23.3. The van der Waals surface area contributed by atoms with Gasteiger partial charge in [-0.3, -0.25) is 4.79 Å². The molecule has 0 bridgehead atoms. The molecule has 1 N–H and O–H groups in total. The fraction of sp³-hybridized carbons (Fsp3) is 0.333. The molecule has 0 saturated heterocycles. The molecule has 0 heterocycles. The van der Waals surface area contributed by atoms with Gasteiger partial charge in [0.25, 0.3) is 0 Å². The highest BCUT2D eigenvalue weighted by molar-refractivity contribution is 6.18. The highest BCUT2D eigenvalue weighted by Gasteiger charge is 2.51. The number of hydrogen-bond acceptors (Lipinski definition) is 5. The molecule has 8 heteroatoms. The Morgan fingerprint density at radius 1 is 1.40 bits per heavy atom. The van der Waals surface area contributed by atoms with Gasteiger partial charge in [0.05, 0.1) is 7.11 Å². The topological polar surface area (TPSA) is 72.8 Å². The van der Waals surface area contributed by atoms with Crippen LogP contribution >= 0.6 is 0 Å². The summed E-state index contributed by atoms with van der Waals surface area (Å²) in [5, 5.41) is 9.99. The summed E-state index contributed by atoms with van der Waals surface area (Å²) in [6.07, 6.45) is -5.32. The van der Waals surface area contributed by atoms with E-state index in [1.165, 1.54) is 0 Å². The minimum atomic E-state index is -4.87. The standard InChI is InChI=1S/C12H9F3O5/c1-19-10(17)11(18)5-6-4-7(20-12(13,14)15)2-3-8(6)9(11)16/h2-4,18H,5H2,1H3. The van der Waals surface area contributed by atoms with E-state index in [-0.39, 0.29) is 11.1 Å². The SMILES string of the molecule is COC(=O)C1(O)Cc2cc(OC(F)(F)F)ccc2C1=O. The first-order valence-electron chi connectivity index (χ1n) is 5.41. The zero-order chi connectivity index (χ0) is 15.1. The first-order chi connectivity index (χ1) is 9.17. The maximum Gasteiger partial charge on any atom is 0.573 e. The number of benzene rings is 1. The van der Waals surface area contributed by atoms with Crippen molar-refractivity contribution in [3.8, 4) is 5.75 Å². The maximum absolute atomic E-state index is 12.1. The van der Waals surface area contributed by atoms with Crippen LogP contribution in [0.2, 0.25) is 0 Å². The third-order valence-corrected chi connectivity index (χ3v) is 2.90. The van der Waals surface area contributed by atoms with Crippen LogP contribution in [0, 0.1) is 0 Å². The van der Waals surface area contributed by atoms with E-state index in [4.69, 9.17) is 0 Å². The van der Waals surface area contributed by atoms with Gasteiger partial charge in [0.2, 0.25) is 11.4 Å². The number of Topliss-reactive ketones (excluding diaryl/α,β-unsaturated/α-hetero) is 1. The van der Waals surface area contributed by atoms with Crippen molar-refractivity contribution >= 4 is 11.8 Å². The minimum Gasteiger partial charge on any atom is -0.467 e. The molecule has 0 spiro atoms. The maximum atomic E-state index is 12.1. The van der Waals surface area contributed by atoms with E-state index in [0.29, 0.717) is 0 Å². The van der Waals surface area contributed by atoms with Gasteiger partial charge in [0.1, 0.15) is 5.75 Å². The molecule has 1 aromatic rings. The van der Waals surface area contributed by atoms with Crippen molar-refractivity contribution in [3.05, 3.63) is 29.3 Å². The lowest BCUT2D eigenvalue weighted by Gasteiger charge is -2.16. The Morgan fingerprint density at radius 2 is 2.05 bits per heavy atom. The number of aliphatic hydroxyl groups is 1. The van der Waals surface area contributed by atoms with E-state index in [1.807, 2.05) is 0 Å². The van der Waals surface area contributed by atoms with E-state index < -0.39 is 35.9 Å². The second kappa shape index (κ2) is 4.48. The summed E-state index contributed by atoms with van der Waals surface area (Å²) >= 11 is 0. The monoisotopic (exact) mass is 290 g/mol. The number of rotatable bonds is 2. The highest BCUT2D eigenvalue weighted by atomic mass is 19.4. The van der Waals surface area contributed by atoms with Crippen LogP contribution in [-0.4, -0.2) is 35.9 Å². The second-order valence-electron chi connectivity index (χ2n) is 4.22. The van der Waals surface area contributed by atoms with Crippen LogP contribution in [0.4, 0.5) is 13.2 Å². The molecule has 0 aliphatic heterocycles. The Kier molecular flexibility index (Phi) is 3.21. The van der Waals surface area contributed by atoms with Crippen LogP contribution in [-0.2, 0) is 16.0 Å². The van der Waals surface area contributed by atoms with Gasteiger partial charge in [-0.05, 0) is 23.8 Å². The van der Waals surface area contributed by atoms with Crippen LogP contribution in [0.5, 0.6) is 5.75 Å². The van der Waals surface area contributed by atoms with Crippen LogP contribution < -0.4 is 4.74 Å². The molecule has 0 fully saturated rings. The molecule has 1 aromatic carbocycles. The quantitative estimate of drug-likeness (QED) is 0.655. The zero-order valence-electron chi connectivity index (χ0n) is 10.2. The molecule has 5 nitrogen and oxygen atoms in total. The van der Waals surface area contributed by atoms with Gasteiger partial charge in [-0.2, -0.15) is 0 Å². The molecule has 1 atom stereocenters. The fourth-order valence-corrected chi connectivity index (χ4v) is 2.05. The molecule has 108 valence electrons. The van der Waals surface area contributed by atoms with Gasteiger partial charge in [0, 0.05) is 12.0 Å². The Labute approximate surface area is 110 Å². The number of ketones is 1. The number of carbonyl (C=O) groups excluding carboxylic acids is 2. The molecule has 0 saturated carbocycles. The summed E-state index contributed by atoms with van der Waals surface area (Å²) in [6.45, 7) is 0. The Hall–Kier alpha value is -2.09. The predicted octanol–water partition coefficient (Wildman–Crippen LogP) is 1.23. The number of hydrogen-bond donors (Lipinski definition) is 1. The number of alkyl halides is 3. The van der Waals surface area contributed by atoms with Crippen molar-refractivity contribution in [3.63, 3.8) is 0 Å². The molecule has 0 radical (unpaired) electrons. The molecule has 0 aromatic heterocycles. The first kappa shape index (κ1) is 14.3. The Balaban J connectivity index is 2.35. The van der Waals surface area contributed by atoms with Crippen LogP contribution in [0.1, 0.15) is 15.9 Å². The number of methoxy groups -OCH3 is 1. The predicted molar refractivity (Wildman–Crippen MR) is 58.1 cm³/mol. The minimum absolute atomic E-state index is 0.0348. The fourth-order valence-electron chi connectivity index (χ4n) is 2.05. The van der Waals surface area contributed by atoms with Crippen molar-refractivity contribution in [2.45, 2.75) is 18.4 Å².